The third-order valence-corrected chi connectivity index (χ3v) is 3.73. The molecule has 0 aliphatic rings. The van der Waals surface area contributed by atoms with E-state index >= 15 is 0 Å². The zero-order valence-electron chi connectivity index (χ0n) is 14.2. The summed E-state index contributed by atoms with van der Waals surface area (Å²) in [5.41, 5.74) is 1.80. The molecule has 126 valence electrons. The molecule has 0 saturated heterocycles. The minimum Gasteiger partial charge on any atom is -0.507 e. The van der Waals surface area contributed by atoms with Crippen LogP contribution in [0.25, 0.3) is 0 Å². The Morgan fingerprint density at radius 3 is 2.62 bits per heavy atom. The van der Waals surface area contributed by atoms with Gasteiger partial charge in [-0.2, -0.15) is 0 Å². The number of aromatic hydroxyl groups is 1. The summed E-state index contributed by atoms with van der Waals surface area (Å²) >= 11 is 0. The number of hydrogen-bond donors (Lipinski definition) is 1. The van der Waals surface area contributed by atoms with Crippen LogP contribution in [-0.4, -0.2) is 42.3 Å². The van der Waals surface area contributed by atoms with Gasteiger partial charge in [0.05, 0.1) is 12.8 Å². The molecule has 0 spiro atoms. The zero-order valence-corrected chi connectivity index (χ0v) is 14.2. The number of nitrogens with zero attached hydrogens (tertiary/aromatic N) is 2. The second-order valence-electron chi connectivity index (χ2n) is 5.21. The van der Waals surface area contributed by atoms with Gasteiger partial charge in [-0.1, -0.05) is 6.07 Å². The number of phenols is 1. The summed E-state index contributed by atoms with van der Waals surface area (Å²) in [6.45, 7) is 5.24. The Kier molecular flexibility index (Phi) is 5.95. The lowest BCUT2D eigenvalue weighted by molar-refractivity contribution is 0.0773. The van der Waals surface area contributed by atoms with Gasteiger partial charge in [0.1, 0.15) is 11.5 Å². The molecule has 0 fully saturated rings. The maximum absolute atomic E-state index is 12.4. The summed E-state index contributed by atoms with van der Waals surface area (Å²) in [7, 11) is 1.57. The van der Waals surface area contributed by atoms with Crippen LogP contribution in [0.15, 0.2) is 47.5 Å². The molecule has 0 radical (unpaired) electrons. The van der Waals surface area contributed by atoms with E-state index in [0.717, 1.165) is 0 Å². The molecule has 5 nitrogen and oxygen atoms in total. The van der Waals surface area contributed by atoms with Gasteiger partial charge in [0.15, 0.2) is 0 Å². The van der Waals surface area contributed by atoms with Crippen molar-refractivity contribution in [3.8, 4) is 11.5 Å². The summed E-state index contributed by atoms with van der Waals surface area (Å²) in [6.07, 6.45) is 1.55. The van der Waals surface area contributed by atoms with Crippen molar-refractivity contribution in [1.29, 1.82) is 0 Å². The lowest BCUT2D eigenvalue weighted by Gasteiger charge is -2.18. The molecule has 2 aromatic rings. The second kappa shape index (κ2) is 8.15. The Labute approximate surface area is 142 Å². The summed E-state index contributed by atoms with van der Waals surface area (Å²) in [4.78, 5) is 18.5. The summed E-state index contributed by atoms with van der Waals surface area (Å²) in [6, 6.07) is 12.1. The molecule has 0 aromatic heterocycles. The van der Waals surface area contributed by atoms with Crippen molar-refractivity contribution in [3.63, 3.8) is 0 Å². The minimum absolute atomic E-state index is 0.0127. The number of benzene rings is 2. The van der Waals surface area contributed by atoms with Crippen LogP contribution < -0.4 is 4.74 Å². The Bertz CT molecular complexity index is 737. The first-order chi connectivity index (χ1) is 11.6. The zero-order chi connectivity index (χ0) is 17.5. The SMILES string of the molecule is CCN(CC)C(=O)c1cccc(N=Cc2cc(OC)ccc2O)c1. The monoisotopic (exact) mass is 326 g/mol. The predicted octanol–water partition coefficient (Wildman–Crippen LogP) is 3.63. The smallest absolute Gasteiger partial charge is 0.253 e. The molecule has 0 atom stereocenters. The average molecular weight is 326 g/mol. The standard InChI is InChI=1S/C19H22N2O3/c1-4-21(5-2)19(23)14-7-6-8-16(11-14)20-13-15-12-17(24-3)9-10-18(15)22/h6-13,22H,4-5H2,1-3H3. The van der Waals surface area contributed by atoms with E-state index in [2.05, 4.69) is 4.99 Å². The predicted molar refractivity (Wildman–Crippen MR) is 95.6 cm³/mol. The summed E-state index contributed by atoms with van der Waals surface area (Å²) in [5.74, 6) is 0.746. The Morgan fingerprint density at radius 2 is 1.96 bits per heavy atom. The normalized spacial score (nSPS) is 10.8. The molecule has 0 heterocycles. The third kappa shape index (κ3) is 4.13. The van der Waals surface area contributed by atoms with E-state index < -0.39 is 0 Å². The molecule has 1 amide bonds. The van der Waals surface area contributed by atoms with Gasteiger partial charge in [-0.05, 0) is 50.2 Å². The molecule has 2 rings (SSSR count). The fraction of sp³-hybridized carbons (Fsp3) is 0.263. The van der Waals surface area contributed by atoms with Crippen LogP contribution in [0.2, 0.25) is 0 Å². The van der Waals surface area contributed by atoms with E-state index in [9.17, 15) is 9.90 Å². The van der Waals surface area contributed by atoms with Crippen LogP contribution in [0.3, 0.4) is 0 Å². The molecule has 2 aromatic carbocycles. The van der Waals surface area contributed by atoms with Crippen molar-refractivity contribution in [1.82, 2.24) is 4.90 Å². The number of hydrogen-bond acceptors (Lipinski definition) is 4. The fourth-order valence-electron chi connectivity index (χ4n) is 2.32. The van der Waals surface area contributed by atoms with Gasteiger partial charge >= 0.3 is 0 Å². The number of phenolic OH excluding ortho intramolecular Hbond substituents is 1. The van der Waals surface area contributed by atoms with Crippen molar-refractivity contribution < 1.29 is 14.6 Å². The van der Waals surface area contributed by atoms with Gasteiger partial charge in [0, 0.05) is 30.4 Å². The van der Waals surface area contributed by atoms with E-state index in [1.54, 1.807) is 54.6 Å². The fourth-order valence-corrected chi connectivity index (χ4v) is 2.32. The molecule has 5 heteroatoms. The van der Waals surface area contributed by atoms with E-state index in [1.165, 1.54) is 0 Å². The van der Waals surface area contributed by atoms with Crippen molar-refractivity contribution in [2.45, 2.75) is 13.8 Å². The Balaban J connectivity index is 2.25. The first-order valence-corrected chi connectivity index (χ1v) is 7.89. The maximum atomic E-state index is 12.4. The van der Waals surface area contributed by atoms with Crippen LogP contribution in [0.1, 0.15) is 29.8 Å². The molecule has 1 N–H and O–H groups in total. The number of rotatable bonds is 6. The van der Waals surface area contributed by atoms with Crippen molar-refractivity contribution in [2.24, 2.45) is 4.99 Å². The number of aliphatic imine (C=N–C) groups is 1. The highest BCUT2D eigenvalue weighted by Gasteiger charge is 2.12. The van der Waals surface area contributed by atoms with Gasteiger partial charge in [-0.15, -0.1) is 0 Å². The number of ether oxygens (including phenoxy) is 1. The average Bonchev–Trinajstić information content (AvgIpc) is 2.62. The van der Waals surface area contributed by atoms with E-state index in [-0.39, 0.29) is 11.7 Å². The van der Waals surface area contributed by atoms with Crippen LogP contribution in [0, 0.1) is 0 Å². The lowest BCUT2D eigenvalue weighted by Crippen LogP contribution is -2.30. The summed E-state index contributed by atoms with van der Waals surface area (Å²) < 4.78 is 5.14. The highest BCUT2D eigenvalue weighted by molar-refractivity contribution is 5.95. The molecule has 24 heavy (non-hydrogen) atoms. The molecule has 0 bridgehead atoms. The van der Waals surface area contributed by atoms with Crippen LogP contribution in [0.4, 0.5) is 5.69 Å². The summed E-state index contributed by atoms with van der Waals surface area (Å²) in [5, 5.41) is 9.88. The highest BCUT2D eigenvalue weighted by atomic mass is 16.5. The third-order valence-electron chi connectivity index (χ3n) is 3.73. The Morgan fingerprint density at radius 1 is 1.21 bits per heavy atom. The van der Waals surface area contributed by atoms with Gasteiger partial charge in [-0.3, -0.25) is 9.79 Å². The minimum atomic E-state index is -0.0127. The number of amides is 1. The number of carbonyl (C=O) groups excluding carboxylic acids is 1. The van der Waals surface area contributed by atoms with Gasteiger partial charge < -0.3 is 14.7 Å². The second-order valence-corrected chi connectivity index (χ2v) is 5.21. The van der Waals surface area contributed by atoms with Crippen molar-refractivity contribution in [3.05, 3.63) is 53.6 Å². The van der Waals surface area contributed by atoms with Crippen molar-refractivity contribution in [2.75, 3.05) is 20.2 Å². The maximum Gasteiger partial charge on any atom is 0.253 e. The molecular weight excluding hydrogens is 304 g/mol. The molecule has 0 saturated carbocycles. The van der Waals surface area contributed by atoms with Gasteiger partial charge in [0.2, 0.25) is 0 Å². The first kappa shape index (κ1) is 17.5. The first-order valence-electron chi connectivity index (χ1n) is 7.89. The molecule has 0 aliphatic carbocycles. The van der Waals surface area contributed by atoms with E-state index in [0.29, 0.717) is 35.7 Å². The van der Waals surface area contributed by atoms with Crippen LogP contribution in [-0.2, 0) is 0 Å². The molecule has 0 aliphatic heterocycles. The highest BCUT2D eigenvalue weighted by Crippen LogP contribution is 2.22. The topological polar surface area (TPSA) is 62.1 Å². The quantitative estimate of drug-likeness (QED) is 0.825. The van der Waals surface area contributed by atoms with Gasteiger partial charge in [-0.25, -0.2) is 0 Å². The van der Waals surface area contributed by atoms with Crippen molar-refractivity contribution >= 4 is 17.8 Å². The van der Waals surface area contributed by atoms with E-state index in [1.807, 2.05) is 19.9 Å². The van der Waals surface area contributed by atoms with E-state index in [4.69, 9.17) is 4.74 Å². The van der Waals surface area contributed by atoms with Crippen LogP contribution in [0.5, 0.6) is 11.5 Å². The Hall–Kier alpha value is -2.82. The van der Waals surface area contributed by atoms with Gasteiger partial charge in [0.25, 0.3) is 5.91 Å². The molecular formula is C19H22N2O3. The lowest BCUT2D eigenvalue weighted by atomic mass is 10.1. The number of carbonyl (C=O) groups is 1. The number of methoxy groups -OCH3 is 1. The largest absolute Gasteiger partial charge is 0.507 e. The molecule has 0 unspecified atom stereocenters. The van der Waals surface area contributed by atoms with Crippen LogP contribution >= 0.6 is 0 Å².